The van der Waals surface area contributed by atoms with E-state index in [0.717, 1.165) is 17.4 Å². The van der Waals surface area contributed by atoms with E-state index in [1.807, 2.05) is 19.1 Å². The predicted octanol–water partition coefficient (Wildman–Crippen LogP) is 3.32. The average Bonchev–Trinajstić information content (AvgIpc) is 2.46. The summed E-state index contributed by atoms with van der Waals surface area (Å²) in [5.41, 5.74) is 0.828. The van der Waals surface area contributed by atoms with Crippen molar-refractivity contribution >= 4 is 5.97 Å². The third kappa shape index (κ3) is 3.83. The molecule has 21 heavy (non-hydrogen) atoms. The molecule has 0 aliphatic heterocycles. The van der Waals surface area contributed by atoms with Crippen molar-refractivity contribution in [2.24, 2.45) is 0 Å². The van der Waals surface area contributed by atoms with E-state index in [1.165, 1.54) is 12.1 Å². The molecule has 2 rings (SSSR count). The largest absolute Gasteiger partial charge is 0.494 e. The number of aromatic carboxylic acids is 1. The van der Waals surface area contributed by atoms with Crippen LogP contribution >= 0.6 is 0 Å². The van der Waals surface area contributed by atoms with Crippen molar-refractivity contribution in [3.63, 3.8) is 0 Å². The summed E-state index contributed by atoms with van der Waals surface area (Å²) in [6.45, 7) is 2.50. The normalized spacial score (nSPS) is 9.62. The van der Waals surface area contributed by atoms with E-state index in [-0.39, 0.29) is 5.56 Å². The van der Waals surface area contributed by atoms with E-state index >= 15 is 0 Å². The zero-order valence-electron chi connectivity index (χ0n) is 11.4. The van der Waals surface area contributed by atoms with Crippen LogP contribution < -0.4 is 4.74 Å². The molecule has 0 aliphatic rings. The van der Waals surface area contributed by atoms with Gasteiger partial charge in [-0.3, -0.25) is 0 Å². The molecule has 0 radical (unpaired) electrons. The highest BCUT2D eigenvalue weighted by atomic mass is 19.1. The lowest BCUT2D eigenvalue weighted by Gasteiger charge is -2.01. The summed E-state index contributed by atoms with van der Waals surface area (Å²) in [6.07, 6.45) is 0. The van der Waals surface area contributed by atoms with Crippen molar-refractivity contribution in [2.75, 3.05) is 6.61 Å². The van der Waals surface area contributed by atoms with E-state index in [2.05, 4.69) is 11.8 Å². The topological polar surface area (TPSA) is 46.5 Å². The van der Waals surface area contributed by atoms with Gasteiger partial charge in [-0.2, -0.15) is 0 Å². The van der Waals surface area contributed by atoms with Crippen molar-refractivity contribution in [3.05, 3.63) is 65.0 Å². The first-order valence-corrected chi connectivity index (χ1v) is 6.38. The molecule has 0 heterocycles. The lowest BCUT2D eigenvalue weighted by molar-refractivity contribution is 0.0692. The Hall–Kier alpha value is -2.80. The fourth-order valence-electron chi connectivity index (χ4n) is 1.71. The number of hydrogen-bond acceptors (Lipinski definition) is 2. The number of carboxylic acid groups (broad SMARTS) is 1. The van der Waals surface area contributed by atoms with Gasteiger partial charge in [-0.1, -0.05) is 11.8 Å². The first-order chi connectivity index (χ1) is 10.1. The SMILES string of the molecule is CCOc1ccc(C#Cc2ccc(C(=O)O)c(F)c2)cc1. The second-order valence-electron chi connectivity index (χ2n) is 4.21. The first-order valence-electron chi connectivity index (χ1n) is 6.38. The van der Waals surface area contributed by atoms with Crippen LogP contribution in [0, 0.1) is 17.7 Å². The van der Waals surface area contributed by atoms with Gasteiger partial charge in [0, 0.05) is 11.1 Å². The maximum atomic E-state index is 13.5. The molecule has 0 saturated carbocycles. The zero-order chi connectivity index (χ0) is 15.2. The second-order valence-corrected chi connectivity index (χ2v) is 4.21. The number of carboxylic acids is 1. The molecule has 2 aromatic rings. The van der Waals surface area contributed by atoms with Gasteiger partial charge < -0.3 is 9.84 Å². The second kappa shape index (κ2) is 6.58. The molecular formula is C17H13FO3. The molecule has 0 amide bonds. The summed E-state index contributed by atoms with van der Waals surface area (Å²) in [6, 6.07) is 11.0. The number of rotatable bonds is 3. The van der Waals surface area contributed by atoms with Crippen LogP contribution in [0.25, 0.3) is 0 Å². The maximum Gasteiger partial charge on any atom is 0.338 e. The molecular weight excluding hydrogens is 271 g/mol. The minimum absolute atomic E-state index is 0.360. The summed E-state index contributed by atoms with van der Waals surface area (Å²) < 4.78 is 18.8. The lowest BCUT2D eigenvalue weighted by atomic mass is 10.1. The summed E-state index contributed by atoms with van der Waals surface area (Å²) in [7, 11) is 0. The van der Waals surface area contributed by atoms with Crippen LogP contribution in [-0.4, -0.2) is 17.7 Å². The summed E-state index contributed by atoms with van der Waals surface area (Å²) >= 11 is 0. The van der Waals surface area contributed by atoms with Crippen molar-refractivity contribution in [2.45, 2.75) is 6.92 Å². The van der Waals surface area contributed by atoms with E-state index < -0.39 is 11.8 Å². The van der Waals surface area contributed by atoms with Crippen LogP contribution in [0.4, 0.5) is 4.39 Å². The molecule has 0 fully saturated rings. The Kier molecular flexibility index (Phi) is 4.57. The van der Waals surface area contributed by atoms with E-state index in [0.29, 0.717) is 12.2 Å². The van der Waals surface area contributed by atoms with Crippen molar-refractivity contribution in [1.82, 2.24) is 0 Å². The predicted molar refractivity (Wildman–Crippen MR) is 77.0 cm³/mol. The van der Waals surface area contributed by atoms with Crippen LogP contribution in [0.15, 0.2) is 42.5 Å². The Bertz CT molecular complexity index is 709. The quantitative estimate of drug-likeness (QED) is 0.879. The molecule has 1 N–H and O–H groups in total. The van der Waals surface area contributed by atoms with Gasteiger partial charge in [-0.05, 0) is 49.4 Å². The van der Waals surface area contributed by atoms with Crippen molar-refractivity contribution in [3.8, 4) is 17.6 Å². The third-order valence-corrected chi connectivity index (χ3v) is 2.72. The summed E-state index contributed by atoms with van der Waals surface area (Å²) in [5.74, 6) is 4.36. The van der Waals surface area contributed by atoms with Crippen LogP contribution in [0.2, 0.25) is 0 Å². The number of halogens is 1. The Morgan fingerprint density at radius 1 is 1.14 bits per heavy atom. The smallest absolute Gasteiger partial charge is 0.338 e. The summed E-state index contributed by atoms with van der Waals surface area (Å²) in [5, 5.41) is 8.75. The van der Waals surface area contributed by atoms with Crippen LogP contribution in [0.5, 0.6) is 5.75 Å². The molecule has 0 saturated heterocycles. The van der Waals surface area contributed by atoms with Gasteiger partial charge in [-0.15, -0.1) is 0 Å². The molecule has 0 bridgehead atoms. The standard InChI is InChI=1S/C17H13FO3/c1-2-21-14-8-5-12(6-9-14)3-4-13-7-10-15(17(19)20)16(18)11-13/h5-11H,2H2,1H3,(H,19,20). The highest BCUT2D eigenvalue weighted by molar-refractivity contribution is 5.88. The van der Waals surface area contributed by atoms with Gasteiger partial charge in [0.15, 0.2) is 0 Å². The molecule has 0 unspecified atom stereocenters. The monoisotopic (exact) mass is 284 g/mol. The van der Waals surface area contributed by atoms with Crippen LogP contribution in [0.1, 0.15) is 28.4 Å². The lowest BCUT2D eigenvalue weighted by Crippen LogP contribution is -2.00. The molecule has 0 aliphatic carbocycles. The average molecular weight is 284 g/mol. The van der Waals surface area contributed by atoms with Gasteiger partial charge in [0.1, 0.15) is 11.6 Å². The third-order valence-electron chi connectivity index (χ3n) is 2.72. The molecule has 2 aromatic carbocycles. The fraction of sp³-hybridized carbons (Fsp3) is 0.118. The number of benzene rings is 2. The minimum Gasteiger partial charge on any atom is -0.494 e. The van der Waals surface area contributed by atoms with E-state index in [4.69, 9.17) is 9.84 Å². The Morgan fingerprint density at radius 2 is 1.76 bits per heavy atom. The zero-order valence-corrected chi connectivity index (χ0v) is 11.4. The van der Waals surface area contributed by atoms with Gasteiger partial charge >= 0.3 is 5.97 Å². The summed E-state index contributed by atoms with van der Waals surface area (Å²) in [4.78, 5) is 10.7. The highest BCUT2D eigenvalue weighted by Gasteiger charge is 2.09. The number of hydrogen-bond donors (Lipinski definition) is 1. The van der Waals surface area contributed by atoms with Gasteiger partial charge in [-0.25, -0.2) is 9.18 Å². The molecule has 0 spiro atoms. The molecule has 106 valence electrons. The Balaban J connectivity index is 2.18. The Labute approximate surface area is 122 Å². The van der Waals surface area contributed by atoms with Gasteiger partial charge in [0.05, 0.1) is 12.2 Å². The molecule has 0 atom stereocenters. The molecule has 3 nitrogen and oxygen atoms in total. The van der Waals surface area contributed by atoms with E-state index in [1.54, 1.807) is 12.1 Å². The highest BCUT2D eigenvalue weighted by Crippen LogP contribution is 2.12. The molecule has 0 aromatic heterocycles. The van der Waals surface area contributed by atoms with E-state index in [9.17, 15) is 9.18 Å². The molecule has 4 heteroatoms. The number of ether oxygens (including phenoxy) is 1. The Morgan fingerprint density at radius 3 is 2.33 bits per heavy atom. The van der Waals surface area contributed by atoms with Gasteiger partial charge in [0.2, 0.25) is 0 Å². The van der Waals surface area contributed by atoms with Gasteiger partial charge in [0.25, 0.3) is 0 Å². The minimum atomic E-state index is -1.29. The first kappa shape index (κ1) is 14.6. The fourth-order valence-corrected chi connectivity index (χ4v) is 1.71. The van der Waals surface area contributed by atoms with Crippen molar-refractivity contribution < 1.29 is 19.0 Å². The maximum absolute atomic E-state index is 13.5. The van der Waals surface area contributed by atoms with Crippen LogP contribution in [-0.2, 0) is 0 Å². The van der Waals surface area contributed by atoms with Crippen molar-refractivity contribution in [1.29, 1.82) is 0 Å². The number of carbonyl (C=O) groups is 1. The van der Waals surface area contributed by atoms with Crippen LogP contribution in [0.3, 0.4) is 0 Å².